The zero-order chi connectivity index (χ0) is 13.1. The molecule has 94 valence electrons. The summed E-state index contributed by atoms with van der Waals surface area (Å²) in [7, 11) is 0. The van der Waals surface area contributed by atoms with Crippen LogP contribution in [0.3, 0.4) is 0 Å². The van der Waals surface area contributed by atoms with Crippen molar-refractivity contribution in [3.05, 3.63) is 48.1 Å². The molecule has 2 heterocycles. The van der Waals surface area contributed by atoms with Crippen molar-refractivity contribution in [2.75, 3.05) is 11.1 Å². The minimum atomic E-state index is 0.526. The third-order valence-electron chi connectivity index (χ3n) is 2.45. The Bertz CT molecular complexity index is 681. The lowest BCUT2D eigenvalue weighted by molar-refractivity contribution is 1.16. The lowest BCUT2D eigenvalue weighted by Gasteiger charge is -2.06. The monoisotopic (exact) mass is 269 g/mol. The van der Waals surface area contributed by atoms with E-state index in [1.807, 2.05) is 35.7 Å². The predicted molar refractivity (Wildman–Crippen MR) is 77.3 cm³/mol. The van der Waals surface area contributed by atoms with Gasteiger partial charge in [-0.2, -0.15) is 0 Å². The molecule has 0 aliphatic rings. The predicted octanol–water partition coefficient (Wildman–Crippen LogP) is 2.93. The first-order chi connectivity index (χ1) is 9.31. The molecule has 0 radical (unpaired) electrons. The van der Waals surface area contributed by atoms with Gasteiger partial charge < -0.3 is 11.1 Å². The van der Waals surface area contributed by atoms with Gasteiger partial charge in [-0.1, -0.05) is 6.07 Å². The van der Waals surface area contributed by atoms with E-state index in [-0.39, 0.29) is 0 Å². The molecule has 6 heteroatoms. The number of aromatic nitrogens is 3. The van der Waals surface area contributed by atoms with Gasteiger partial charge >= 0.3 is 0 Å². The number of hydrogen-bond donors (Lipinski definition) is 2. The minimum absolute atomic E-state index is 0.526. The van der Waals surface area contributed by atoms with Crippen LogP contribution >= 0.6 is 11.3 Å². The van der Waals surface area contributed by atoms with Gasteiger partial charge in [0, 0.05) is 29.1 Å². The van der Waals surface area contributed by atoms with Crippen LogP contribution < -0.4 is 11.1 Å². The van der Waals surface area contributed by atoms with Gasteiger partial charge in [-0.15, -0.1) is 11.3 Å². The lowest BCUT2D eigenvalue weighted by Crippen LogP contribution is -1.98. The lowest BCUT2D eigenvalue weighted by atomic mass is 10.3. The number of nitrogens with two attached hydrogens (primary N) is 1. The molecule has 3 aromatic rings. The molecule has 3 N–H and O–H groups in total. The van der Waals surface area contributed by atoms with Crippen LogP contribution in [-0.4, -0.2) is 15.0 Å². The van der Waals surface area contributed by atoms with Gasteiger partial charge in [-0.3, -0.25) is 0 Å². The average Bonchev–Trinajstić information content (AvgIpc) is 2.93. The van der Waals surface area contributed by atoms with Crippen molar-refractivity contribution < 1.29 is 0 Å². The van der Waals surface area contributed by atoms with Crippen LogP contribution in [0.1, 0.15) is 0 Å². The summed E-state index contributed by atoms with van der Waals surface area (Å²) in [5.74, 6) is 0.526. The standard InChI is InChI=1S/C13H11N5S/c14-9-2-1-3-10(8-9)17-13-16-5-4-11(18-13)12-15-6-7-19-12/h1-8H,14H2,(H,16,17,18). The third-order valence-corrected chi connectivity index (χ3v) is 3.25. The smallest absolute Gasteiger partial charge is 0.227 e. The highest BCUT2D eigenvalue weighted by atomic mass is 32.1. The van der Waals surface area contributed by atoms with Crippen LogP contribution in [0.25, 0.3) is 10.7 Å². The number of benzene rings is 1. The van der Waals surface area contributed by atoms with Gasteiger partial charge in [0.1, 0.15) is 10.7 Å². The fourth-order valence-electron chi connectivity index (χ4n) is 1.63. The Morgan fingerprint density at radius 1 is 1.11 bits per heavy atom. The van der Waals surface area contributed by atoms with Crippen LogP contribution in [-0.2, 0) is 0 Å². The van der Waals surface area contributed by atoms with Gasteiger partial charge in [-0.05, 0) is 24.3 Å². The number of nitrogens with zero attached hydrogens (tertiary/aromatic N) is 3. The van der Waals surface area contributed by atoms with Crippen LogP contribution in [0.15, 0.2) is 48.1 Å². The summed E-state index contributed by atoms with van der Waals surface area (Å²) in [4.78, 5) is 12.8. The van der Waals surface area contributed by atoms with Crippen molar-refractivity contribution in [1.82, 2.24) is 15.0 Å². The number of anilines is 3. The molecule has 0 amide bonds. The van der Waals surface area contributed by atoms with Crippen LogP contribution in [0.5, 0.6) is 0 Å². The molecular weight excluding hydrogens is 258 g/mol. The van der Waals surface area contributed by atoms with Gasteiger partial charge in [0.25, 0.3) is 0 Å². The summed E-state index contributed by atoms with van der Waals surface area (Å²) < 4.78 is 0. The van der Waals surface area contributed by atoms with E-state index in [1.54, 1.807) is 23.7 Å². The molecule has 0 bridgehead atoms. The second-order valence-corrected chi connectivity index (χ2v) is 4.75. The molecule has 2 aromatic heterocycles. The van der Waals surface area contributed by atoms with Crippen molar-refractivity contribution in [2.24, 2.45) is 0 Å². The SMILES string of the molecule is Nc1cccc(Nc2nccc(-c3nccs3)n2)c1. The van der Waals surface area contributed by atoms with Gasteiger partial charge in [-0.25, -0.2) is 15.0 Å². The quantitative estimate of drug-likeness (QED) is 0.715. The topological polar surface area (TPSA) is 76.7 Å². The molecule has 3 rings (SSSR count). The Morgan fingerprint density at radius 3 is 2.84 bits per heavy atom. The Morgan fingerprint density at radius 2 is 2.05 bits per heavy atom. The summed E-state index contributed by atoms with van der Waals surface area (Å²) >= 11 is 1.54. The number of hydrogen-bond acceptors (Lipinski definition) is 6. The first-order valence-corrected chi connectivity index (χ1v) is 6.55. The molecule has 0 spiro atoms. The summed E-state index contributed by atoms with van der Waals surface area (Å²) in [6.07, 6.45) is 3.46. The highest BCUT2D eigenvalue weighted by Gasteiger charge is 2.04. The largest absolute Gasteiger partial charge is 0.399 e. The molecule has 5 nitrogen and oxygen atoms in total. The molecule has 0 fully saturated rings. The summed E-state index contributed by atoms with van der Waals surface area (Å²) in [6.45, 7) is 0. The molecule has 0 saturated carbocycles. The average molecular weight is 269 g/mol. The summed E-state index contributed by atoms with van der Waals surface area (Å²) in [6, 6.07) is 9.29. The van der Waals surface area contributed by atoms with E-state index in [0.29, 0.717) is 11.6 Å². The van der Waals surface area contributed by atoms with E-state index in [2.05, 4.69) is 20.3 Å². The van der Waals surface area contributed by atoms with E-state index < -0.39 is 0 Å². The normalized spacial score (nSPS) is 10.3. The molecule has 0 aliphatic heterocycles. The second-order valence-electron chi connectivity index (χ2n) is 3.85. The van der Waals surface area contributed by atoms with Gasteiger partial charge in [0.15, 0.2) is 0 Å². The van der Waals surface area contributed by atoms with Crippen molar-refractivity contribution in [3.63, 3.8) is 0 Å². The molecule has 0 unspecified atom stereocenters. The Hall–Kier alpha value is -2.47. The first kappa shape index (κ1) is 11.6. The number of nitrogens with one attached hydrogen (secondary N) is 1. The van der Waals surface area contributed by atoms with E-state index >= 15 is 0 Å². The van der Waals surface area contributed by atoms with Crippen molar-refractivity contribution >= 4 is 28.7 Å². The van der Waals surface area contributed by atoms with Gasteiger partial charge in [0.05, 0.1) is 0 Å². The zero-order valence-electron chi connectivity index (χ0n) is 9.95. The molecule has 1 aromatic carbocycles. The van der Waals surface area contributed by atoms with Crippen LogP contribution in [0.4, 0.5) is 17.3 Å². The first-order valence-electron chi connectivity index (χ1n) is 5.67. The van der Waals surface area contributed by atoms with E-state index in [9.17, 15) is 0 Å². The fourth-order valence-corrected chi connectivity index (χ4v) is 2.24. The number of thiazole rings is 1. The zero-order valence-corrected chi connectivity index (χ0v) is 10.8. The maximum atomic E-state index is 5.73. The molecular formula is C13H11N5S. The Balaban J connectivity index is 1.88. The van der Waals surface area contributed by atoms with Crippen molar-refractivity contribution in [2.45, 2.75) is 0 Å². The van der Waals surface area contributed by atoms with E-state index in [0.717, 1.165) is 16.4 Å². The highest BCUT2D eigenvalue weighted by Crippen LogP contribution is 2.21. The summed E-state index contributed by atoms with van der Waals surface area (Å²) in [5, 5.41) is 5.91. The Kier molecular flexibility index (Phi) is 3.07. The number of rotatable bonds is 3. The molecule has 0 atom stereocenters. The maximum absolute atomic E-state index is 5.73. The maximum Gasteiger partial charge on any atom is 0.227 e. The third kappa shape index (κ3) is 2.69. The van der Waals surface area contributed by atoms with E-state index in [4.69, 9.17) is 5.73 Å². The van der Waals surface area contributed by atoms with E-state index in [1.165, 1.54) is 0 Å². The van der Waals surface area contributed by atoms with Crippen molar-refractivity contribution in [3.8, 4) is 10.7 Å². The fraction of sp³-hybridized carbons (Fsp3) is 0. The Labute approximate surface area is 114 Å². The molecule has 0 aliphatic carbocycles. The van der Waals surface area contributed by atoms with Crippen LogP contribution in [0.2, 0.25) is 0 Å². The minimum Gasteiger partial charge on any atom is -0.399 e. The van der Waals surface area contributed by atoms with Crippen molar-refractivity contribution in [1.29, 1.82) is 0 Å². The second kappa shape index (κ2) is 5.03. The molecule has 0 saturated heterocycles. The van der Waals surface area contributed by atoms with Gasteiger partial charge in [0.2, 0.25) is 5.95 Å². The molecule has 19 heavy (non-hydrogen) atoms. The number of nitrogen functional groups attached to an aromatic ring is 1. The summed E-state index contributed by atoms with van der Waals surface area (Å²) in [5.41, 5.74) is 8.09. The van der Waals surface area contributed by atoms with Crippen LogP contribution in [0, 0.1) is 0 Å². The highest BCUT2D eigenvalue weighted by molar-refractivity contribution is 7.13.